The molecule has 0 aliphatic heterocycles. The maximum Gasteiger partial charge on any atom is 0.0504 e. The standard InChI is InChI=1S/C14H20ClNOS/c1-16-13-4-2-3-5-14(13)18(17)10-11-6-8-12(15)9-7-11/h6-9,13-14,16H,2-5,10H2,1H3. The molecule has 1 fully saturated rings. The van der Waals surface area contributed by atoms with Crippen molar-refractivity contribution in [2.45, 2.75) is 42.7 Å². The molecule has 2 nitrogen and oxygen atoms in total. The molecule has 1 saturated carbocycles. The minimum absolute atomic E-state index is 0.291. The van der Waals surface area contributed by atoms with Crippen molar-refractivity contribution in [3.63, 3.8) is 0 Å². The molecule has 0 aromatic heterocycles. The van der Waals surface area contributed by atoms with E-state index in [1.165, 1.54) is 12.8 Å². The van der Waals surface area contributed by atoms with Gasteiger partial charge in [0.15, 0.2) is 0 Å². The van der Waals surface area contributed by atoms with Crippen molar-refractivity contribution >= 4 is 22.4 Å². The Morgan fingerprint density at radius 2 is 1.94 bits per heavy atom. The first kappa shape index (κ1) is 14.0. The van der Waals surface area contributed by atoms with Crippen molar-refractivity contribution in [2.24, 2.45) is 0 Å². The van der Waals surface area contributed by atoms with Crippen LogP contribution in [0.2, 0.25) is 5.02 Å². The zero-order valence-corrected chi connectivity index (χ0v) is 12.3. The summed E-state index contributed by atoms with van der Waals surface area (Å²) in [6, 6.07) is 8.08. The van der Waals surface area contributed by atoms with E-state index in [4.69, 9.17) is 11.6 Å². The zero-order chi connectivity index (χ0) is 13.0. The van der Waals surface area contributed by atoms with Crippen LogP contribution in [0.3, 0.4) is 0 Å². The highest BCUT2D eigenvalue weighted by molar-refractivity contribution is 7.84. The van der Waals surface area contributed by atoms with Crippen LogP contribution in [0, 0.1) is 0 Å². The van der Waals surface area contributed by atoms with Crippen LogP contribution in [-0.2, 0) is 16.6 Å². The van der Waals surface area contributed by atoms with Crippen LogP contribution in [0.15, 0.2) is 24.3 Å². The molecule has 0 saturated heterocycles. The molecule has 0 amide bonds. The lowest BCUT2D eigenvalue weighted by molar-refractivity contribution is 0.399. The minimum Gasteiger partial charge on any atom is -0.316 e. The number of halogens is 1. The Balaban J connectivity index is 2.00. The van der Waals surface area contributed by atoms with Gasteiger partial charge in [0.2, 0.25) is 0 Å². The number of nitrogens with one attached hydrogen (secondary N) is 1. The molecule has 3 atom stereocenters. The van der Waals surface area contributed by atoms with Gasteiger partial charge in [-0.3, -0.25) is 4.21 Å². The molecule has 1 aromatic rings. The van der Waals surface area contributed by atoms with E-state index < -0.39 is 10.8 Å². The van der Waals surface area contributed by atoms with Gasteiger partial charge in [0.05, 0.1) is 5.25 Å². The molecular formula is C14H20ClNOS. The van der Waals surface area contributed by atoms with E-state index in [0.717, 1.165) is 23.4 Å². The van der Waals surface area contributed by atoms with Gasteiger partial charge >= 0.3 is 0 Å². The molecular weight excluding hydrogens is 266 g/mol. The van der Waals surface area contributed by atoms with Crippen LogP contribution in [0.5, 0.6) is 0 Å². The Hall–Kier alpha value is -0.380. The van der Waals surface area contributed by atoms with Crippen molar-refractivity contribution in [3.8, 4) is 0 Å². The van der Waals surface area contributed by atoms with E-state index >= 15 is 0 Å². The van der Waals surface area contributed by atoms with Crippen LogP contribution in [-0.4, -0.2) is 22.5 Å². The number of benzene rings is 1. The lowest BCUT2D eigenvalue weighted by atomic mass is 9.95. The van der Waals surface area contributed by atoms with Crippen molar-refractivity contribution in [3.05, 3.63) is 34.9 Å². The average molecular weight is 286 g/mol. The summed E-state index contributed by atoms with van der Waals surface area (Å²) in [5.74, 6) is 0.639. The summed E-state index contributed by atoms with van der Waals surface area (Å²) >= 11 is 5.86. The van der Waals surface area contributed by atoms with Crippen LogP contribution in [0.4, 0.5) is 0 Å². The lowest BCUT2D eigenvalue weighted by Gasteiger charge is -2.30. The van der Waals surface area contributed by atoms with E-state index in [0.29, 0.717) is 17.0 Å². The molecule has 0 bridgehead atoms. The van der Waals surface area contributed by atoms with Crippen LogP contribution >= 0.6 is 11.6 Å². The summed E-state index contributed by atoms with van der Waals surface area (Å²) in [7, 11) is 1.18. The second-order valence-corrected chi connectivity index (χ2v) is 6.96. The van der Waals surface area contributed by atoms with E-state index in [1.54, 1.807) is 0 Å². The van der Waals surface area contributed by atoms with Gasteiger partial charge < -0.3 is 5.32 Å². The first-order valence-electron chi connectivity index (χ1n) is 6.49. The summed E-state index contributed by atoms with van der Waals surface area (Å²) in [6.07, 6.45) is 4.68. The van der Waals surface area contributed by atoms with E-state index in [9.17, 15) is 4.21 Å². The predicted molar refractivity (Wildman–Crippen MR) is 78.4 cm³/mol. The molecule has 1 aromatic carbocycles. The van der Waals surface area contributed by atoms with E-state index in [-0.39, 0.29) is 0 Å². The predicted octanol–water partition coefficient (Wildman–Crippen LogP) is 3.12. The van der Waals surface area contributed by atoms with Crippen molar-refractivity contribution in [1.29, 1.82) is 0 Å². The molecule has 0 spiro atoms. The summed E-state index contributed by atoms with van der Waals surface area (Å²) in [5.41, 5.74) is 1.11. The summed E-state index contributed by atoms with van der Waals surface area (Å²) in [6.45, 7) is 0. The Kier molecular flexibility index (Phi) is 5.22. The highest BCUT2D eigenvalue weighted by Crippen LogP contribution is 2.24. The Morgan fingerprint density at radius 1 is 1.28 bits per heavy atom. The molecule has 1 aliphatic rings. The topological polar surface area (TPSA) is 29.1 Å². The second-order valence-electron chi connectivity index (χ2n) is 4.87. The maximum absolute atomic E-state index is 12.5. The van der Waals surface area contributed by atoms with Gasteiger partial charge in [-0.2, -0.15) is 0 Å². The van der Waals surface area contributed by atoms with Gasteiger partial charge in [0.25, 0.3) is 0 Å². The molecule has 0 heterocycles. The summed E-state index contributed by atoms with van der Waals surface area (Å²) < 4.78 is 12.5. The number of hydrogen-bond donors (Lipinski definition) is 1. The van der Waals surface area contributed by atoms with Crippen molar-refractivity contribution in [1.82, 2.24) is 5.32 Å². The average Bonchev–Trinajstić information content (AvgIpc) is 2.41. The SMILES string of the molecule is CNC1CCCCC1S(=O)Cc1ccc(Cl)cc1. The first-order valence-corrected chi connectivity index (χ1v) is 8.25. The van der Waals surface area contributed by atoms with Gasteiger partial charge in [-0.1, -0.05) is 36.6 Å². The van der Waals surface area contributed by atoms with Crippen molar-refractivity contribution < 1.29 is 4.21 Å². The van der Waals surface area contributed by atoms with Crippen LogP contribution < -0.4 is 5.32 Å². The molecule has 2 rings (SSSR count). The minimum atomic E-state index is -0.800. The Morgan fingerprint density at radius 3 is 2.61 bits per heavy atom. The third-order valence-corrected chi connectivity index (χ3v) is 5.74. The Labute approximate surface area is 117 Å². The zero-order valence-electron chi connectivity index (χ0n) is 10.7. The molecule has 3 unspecified atom stereocenters. The van der Waals surface area contributed by atoms with Crippen molar-refractivity contribution in [2.75, 3.05) is 7.05 Å². The Bertz CT molecular complexity index is 407. The molecule has 1 aliphatic carbocycles. The van der Waals surface area contributed by atoms with Gasteiger partial charge in [-0.25, -0.2) is 0 Å². The monoisotopic (exact) mass is 285 g/mol. The molecule has 100 valence electrons. The second kappa shape index (κ2) is 6.69. The highest BCUT2D eigenvalue weighted by Gasteiger charge is 2.28. The number of rotatable bonds is 4. The third kappa shape index (κ3) is 3.56. The van der Waals surface area contributed by atoms with Gasteiger partial charge in [-0.05, 0) is 37.6 Å². The summed E-state index contributed by atoms with van der Waals surface area (Å²) in [5, 5.41) is 4.34. The van der Waals surface area contributed by atoms with Crippen LogP contribution in [0.25, 0.3) is 0 Å². The van der Waals surface area contributed by atoms with Crippen LogP contribution in [0.1, 0.15) is 31.2 Å². The number of hydrogen-bond acceptors (Lipinski definition) is 2. The highest BCUT2D eigenvalue weighted by atomic mass is 35.5. The quantitative estimate of drug-likeness (QED) is 0.921. The van der Waals surface area contributed by atoms with Gasteiger partial charge in [0.1, 0.15) is 0 Å². The maximum atomic E-state index is 12.5. The molecule has 4 heteroatoms. The fourth-order valence-corrected chi connectivity index (χ4v) is 4.52. The molecule has 18 heavy (non-hydrogen) atoms. The van der Waals surface area contributed by atoms with E-state index in [1.807, 2.05) is 31.3 Å². The summed E-state index contributed by atoms with van der Waals surface area (Å²) in [4.78, 5) is 0. The van der Waals surface area contributed by atoms with E-state index in [2.05, 4.69) is 5.32 Å². The smallest absolute Gasteiger partial charge is 0.0504 e. The fraction of sp³-hybridized carbons (Fsp3) is 0.571. The third-order valence-electron chi connectivity index (χ3n) is 3.63. The van der Waals surface area contributed by atoms with Gasteiger partial charge in [-0.15, -0.1) is 0 Å². The normalized spacial score (nSPS) is 25.9. The largest absolute Gasteiger partial charge is 0.316 e. The molecule has 1 N–H and O–H groups in total. The first-order chi connectivity index (χ1) is 8.70. The molecule has 0 radical (unpaired) electrons. The van der Waals surface area contributed by atoms with Gasteiger partial charge in [0, 0.05) is 27.6 Å². The lowest BCUT2D eigenvalue weighted by Crippen LogP contribution is -2.42. The fourth-order valence-electron chi connectivity index (χ4n) is 2.59.